The number of carbonyl (C=O) groups excluding carboxylic acids is 2. The van der Waals surface area contributed by atoms with E-state index in [1.54, 1.807) is 17.2 Å². The van der Waals surface area contributed by atoms with Crippen molar-refractivity contribution in [3.8, 4) is 0 Å². The molecule has 0 spiro atoms. The van der Waals surface area contributed by atoms with E-state index in [0.717, 1.165) is 6.42 Å². The smallest absolute Gasteiger partial charge is 0.329 e. The monoisotopic (exact) mass is 298 g/mol. The summed E-state index contributed by atoms with van der Waals surface area (Å²) in [5, 5.41) is 0.473. The molecule has 1 aliphatic rings. The maximum Gasteiger partial charge on any atom is 0.329 e. The first-order valence-corrected chi connectivity index (χ1v) is 7.03. The van der Waals surface area contributed by atoms with Gasteiger partial charge in [-0.3, -0.25) is 4.79 Å². The molecule has 0 saturated carbocycles. The summed E-state index contributed by atoms with van der Waals surface area (Å²) in [5.74, 6) is -0.564. The van der Waals surface area contributed by atoms with Crippen molar-refractivity contribution in [1.82, 2.24) is 9.88 Å². The third-order valence-corrected chi connectivity index (χ3v) is 3.29. The number of nitrogens with zero attached hydrogens (tertiary/aromatic N) is 1. The van der Waals surface area contributed by atoms with E-state index in [-0.39, 0.29) is 11.9 Å². The number of aromatic amines is 1. The van der Waals surface area contributed by atoms with Gasteiger partial charge < -0.3 is 14.6 Å². The van der Waals surface area contributed by atoms with Crippen LogP contribution in [0.2, 0.25) is 5.02 Å². The molecule has 1 saturated heterocycles. The van der Waals surface area contributed by atoms with E-state index in [4.69, 9.17) is 16.3 Å². The van der Waals surface area contributed by atoms with Gasteiger partial charge in [-0.05, 0) is 39.7 Å². The van der Waals surface area contributed by atoms with Crippen LogP contribution >= 0.6 is 11.6 Å². The molecule has 0 radical (unpaired) electrons. The number of rotatable bonds is 2. The van der Waals surface area contributed by atoms with Crippen LogP contribution in [0.4, 0.5) is 0 Å². The van der Waals surface area contributed by atoms with Gasteiger partial charge in [0.15, 0.2) is 0 Å². The molecule has 6 heteroatoms. The lowest BCUT2D eigenvalue weighted by atomic mass is 10.1. The predicted molar refractivity (Wildman–Crippen MR) is 75.7 cm³/mol. The first-order valence-electron chi connectivity index (χ1n) is 6.66. The second-order valence-corrected chi connectivity index (χ2v) is 6.36. The van der Waals surface area contributed by atoms with Crippen molar-refractivity contribution in [2.45, 2.75) is 45.3 Å². The van der Waals surface area contributed by atoms with Crippen LogP contribution in [0.3, 0.4) is 0 Å². The Morgan fingerprint density at radius 2 is 2.15 bits per heavy atom. The Kier molecular flexibility index (Phi) is 4.09. The molecule has 1 N–H and O–H groups in total. The van der Waals surface area contributed by atoms with Gasteiger partial charge in [0.1, 0.15) is 17.3 Å². The zero-order chi connectivity index (χ0) is 14.9. The highest BCUT2D eigenvalue weighted by molar-refractivity contribution is 6.31. The molecule has 1 aromatic heterocycles. The van der Waals surface area contributed by atoms with Gasteiger partial charge in [0.25, 0.3) is 5.91 Å². The van der Waals surface area contributed by atoms with E-state index in [9.17, 15) is 9.59 Å². The van der Waals surface area contributed by atoms with Crippen molar-refractivity contribution in [2.75, 3.05) is 6.54 Å². The van der Waals surface area contributed by atoms with Crippen molar-refractivity contribution < 1.29 is 14.3 Å². The minimum absolute atomic E-state index is 0.217. The summed E-state index contributed by atoms with van der Waals surface area (Å²) in [5.41, 5.74) is -0.158. The second kappa shape index (κ2) is 5.48. The number of hydrogen-bond acceptors (Lipinski definition) is 3. The number of H-pyrrole nitrogens is 1. The molecule has 1 atom stereocenters. The third kappa shape index (κ3) is 3.33. The number of carbonyl (C=O) groups is 2. The number of amides is 1. The molecule has 0 bridgehead atoms. The number of aromatic nitrogens is 1. The summed E-state index contributed by atoms with van der Waals surface area (Å²) >= 11 is 5.80. The molecule has 1 fully saturated rings. The Morgan fingerprint density at radius 1 is 1.45 bits per heavy atom. The van der Waals surface area contributed by atoms with Crippen molar-refractivity contribution in [2.24, 2.45) is 0 Å². The van der Waals surface area contributed by atoms with Crippen LogP contribution in [-0.4, -0.2) is 39.9 Å². The van der Waals surface area contributed by atoms with Gasteiger partial charge in [-0.25, -0.2) is 4.79 Å². The van der Waals surface area contributed by atoms with Gasteiger partial charge in [0, 0.05) is 12.7 Å². The van der Waals surface area contributed by atoms with E-state index in [1.165, 1.54) is 0 Å². The second-order valence-electron chi connectivity index (χ2n) is 5.92. The fraction of sp³-hybridized carbons (Fsp3) is 0.571. The largest absolute Gasteiger partial charge is 0.458 e. The molecular formula is C14H19ClN2O3. The van der Waals surface area contributed by atoms with Crippen LogP contribution in [0, 0.1) is 0 Å². The fourth-order valence-corrected chi connectivity index (χ4v) is 2.43. The molecule has 1 aromatic rings. The molecule has 2 rings (SSSR count). The predicted octanol–water partition coefficient (Wildman–Crippen LogP) is 2.61. The first-order chi connectivity index (χ1) is 9.28. The molecule has 0 aliphatic carbocycles. The maximum absolute atomic E-state index is 12.4. The molecule has 1 amide bonds. The standard InChI is InChI=1S/C14H19ClN2O3/c1-14(2,3)20-13(19)11-5-4-6-17(11)12(18)10-7-9(15)8-16-10/h7-8,11,16H,4-6H2,1-3H3/t11-/m1/s1. The van der Waals surface area contributed by atoms with Crippen LogP contribution in [0.25, 0.3) is 0 Å². The number of halogens is 1. The van der Waals surface area contributed by atoms with Crippen LogP contribution in [0.15, 0.2) is 12.3 Å². The van der Waals surface area contributed by atoms with Gasteiger partial charge in [-0.1, -0.05) is 11.6 Å². The van der Waals surface area contributed by atoms with Crippen molar-refractivity contribution in [3.05, 3.63) is 23.0 Å². The van der Waals surface area contributed by atoms with Crippen molar-refractivity contribution >= 4 is 23.5 Å². The number of likely N-dealkylation sites (tertiary alicyclic amines) is 1. The Labute approximate surface area is 123 Å². The topological polar surface area (TPSA) is 62.4 Å². The van der Waals surface area contributed by atoms with Gasteiger partial charge in [0.2, 0.25) is 0 Å². The maximum atomic E-state index is 12.4. The highest BCUT2D eigenvalue weighted by atomic mass is 35.5. The lowest BCUT2D eigenvalue weighted by molar-refractivity contribution is -0.159. The minimum atomic E-state index is -0.551. The third-order valence-electron chi connectivity index (χ3n) is 3.07. The van der Waals surface area contributed by atoms with Gasteiger partial charge >= 0.3 is 5.97 Å². The minimum Gasteiger partial charge on any atom is -0.458 e. The highest BCUT2D eigenvalue weighted by Gasteiger charge is 2.37. The molecule has 20 heavy (non-hydrogen) atoms. The summed E-state index contributed by atoms with van der Waals surface area (Å²) in [6, 6.07) is 1.05. The van der Waals surface area contributed by atoms with E-state index in [2.05, 4.69) is 4.98 Å². The Hall–Kier alpha value is -1.49. The van der Waals surface area contributed by atoms with Crippen molar-refractivity contribution in [3.63, 3.8) is 0 Å². The Balaban J connectivity index is 2.11. The van der Waals surface area contributed by atoms with Crippen LogP contribution in [0.5, 0.6) is 0 Å². The number of ether oxygens (including phenoxy) is 1. The molecule has 1 aliphatic heterocycles. The SMILES string of the molecule is CC(C)(C)OC(=O)[C@H]1CCCN1C(=O)c1cc(Cl)c[nH]1. The summed E-state index contributed by atoms with van der Waals surface area (Å²) in [6.07, 6.45) is 2.98. The lowest BCUT2D eigenvalue weighted by Gasteiger charge is -2.27. The number of hydrogen-bond donors (Lipinski definition) is 1. The van der Waals surface area contributed by atoms with E-state index in [0.29, 0.717) is 23.7 Å². The van der Waals surface area contributed by atoms with E-state index < -0.39 is 11.6 Å². The van der Waals surface area contributed by atoms with Crippen LogP contribution < -0.4 is 0 Å². The summed E-state index contributed by atoms with van der Waals surface area (Å²) in [7, 11) is 0. The molecular weight excluding hydrogens is 280 g/mol. The number of esters is 1. The van der Waals surface area contributed by atoms with Crippen molar-refractivity contribution in [1.29, 1.82) is 0 Å². The highest BCUT2D eigenvalue weighted by Crippen LogP contribution is 2.23. The normalized spacial score (nSPS) is 19.2. The zero-order valence-corrected chi connectivity index (χ0v) is 12.7. The number of nitrogens with one attached hydrogen (secondary N) is 1. The lowest BCUT2D eigenvalue weighted by Crippen LogP contribution is -2.43. The molecule has 110 valence electrons. The van der Waals surface area contributed by atoms with Gasteiger partial charge in [-0.2, -0.15) is 0 Å². The average Bonchev–Trinajstić information content (AvgIpc) is 2.93. The first kappa shape index (κ1) is 14.9. The quantitative estimate of drug-likeness (QED) is 0.854. The van der Waals surface area contributed by atoms with E-state index in [1.807, 2.05) is 20.8 Å². The summed E-state index contributed by atoms with van der Waals surface area (Å²) in [6.45, 7) is 6.00. The van der Waals surface area contributed by atoms with E-state index >= 15 is 0 Å². The van der Waals surface area contributed by atoms with Crippen LogP contribution in [0.1, 0.15) is 44.1 Å². The van der Waals surface area contributed by atoms with Gasteiger partial charge in [0.05, 0.1) is 5.02 Å². The Bertz CT molecular complexity index is 519. The summed E-state index contributed by atoms with van der Waals surface area (Å²) in [4.78, 5) is 28.9. The van der Waals surface area contributed by atoms with Crippen LogP contribution in [-0.2, 0) is 9.53 Å². The zero-order valence-electron chi connectivity index (χ0n) is 11.9. The molecule has 0 aromatic carbocycles. The Morgan fingerprint density at radius 3 is 2.70 bits per heavy atom. The average molecular weight is 299 g/mol. The summed E-state index contributed by atoms with van der Waals surface area (Å²) < 4.78 is 5.37. The molecule has 5 nitrogen and oxygen atoms in total. The van der Waals surface area contributed by atoms with Gasteiger partial charge in [-0.15, -0.1) is 0 Å². The molecule has 2 heterocycles. The molecule has 0 unspecified atom stereocenters. The fourth-order valence-electron chi connectivity index (χ4n) is 2.27.